The third-order valence-electron chi connectivity index (χ3n) is 5.02. The summed E-state index contributed by atoms with van der Waals surface area (Å²) in [5, 5.41) is 3.02. The Labute approximate surface area is 166 Å². The van der Waals surface area contributed by atoms with Gasteiger partial charge in [0, 0.05) is 31.7 Å². The number of urea groups is 1. The van der Waals surface area contributed by atoms with Gasteiger partial charge < -0.3 is 14.8 Å². The predicted octanol–water partition coefficient (Wildman–Crippen LogP) is 5.24. The molecule has 0 spiro atoms. The Balaban J connectivity index is 1.75. The van der Waals surface area contributed by atoms with Gasteiger partial charge in [-0.15, -0.1) is 0 Å². The monoisotopic (exact) mass is 379 g/mol. The number of nitrogens with one attached hydrogen (secondary N) is 1. The van der Waals surface area contributed by atoms with Crippen LogP contribution in [0.1, 0.15) is 51.1 Å². The van der Waals surface area contributed by atoms with Gasteiger partial charge in [-0.25, -0.2) is 9.78 Å². The number of anilines is 1. The normalized spacial score (nSPS) is 12.1. The molecule has 6 heteroatoms. The highest BCUT2D eigenvalue weighted by Gasteiger charge is 2.21. The van der Waals surface area contributed by atoms with Crippen molar-refractivity contribution in [2.75, 3.05) is 12.4 Å². The van der Waals surface area contributed by atoms with E-state index in [-0.39, 0.29) is 12.1 Å². The minimum absolute atomic E-state index is 0.00106. The van der Waals surface area contributed by atoms with Crippen LogP contribution in [-0.4, -0.2) is 32.5 Å². The Kier molecular flexibility index (Phi) is 6.63. The number of benzene rings is 1. The molecule has 0 radical (unpaired) electrons. The lowest BCUT2D eigenvalue weighted by atomic mass is 10.0. The summed E-state index contributed by atoms with van der Waals surface area (Å²) in [5.74, 6) is 0. The molecular weight excluding hydrogens is 350 g/mol. The summed E-state index contributed by atoms with van der Waals surface area (Å²) in [7, 11) is 1.84. The van der Waals surface area contributed by atoms with Crippen LogP contribution in [0.3, 0.4) is 0 Å². The highest BCUT2D eigenvalue weighted by atomic mass is 16.2. The predicted molar refractivity (Wildman–Crippen MR) is 113 cm³/mol. The van der Waals surface area contributed by atoms with E-state index in [9.17, 15) is 4.79 Å². The second-order valence-electron chi connectivity index (χ2n) is 7.13. The molecule has 6 nitrogen and oxygen atoms in total. The third-order valence-corrected chi connectivity index (χ3v) is 5.02. The van der Waals surface area contributed by atoms with Crippen LogP contribution in [0, 0.1) is 0 Å². The van der Waals surface area contributed by atoms with E-state index in [4.69, 9.17) is 0 Å². The Bertz CT molecular complexity index is 906. The molecule has 0 bridgehead atoms. The standard InChI is InChI=1S/C22H29N5O/c1-4-6-9-20(17-8-7-12-23-15-17)26(3)22(28)25-18-10-11-21-19(14-18)24-16-27(21)13-5-2/h7-8,10-12,14-16,20H,4-6,9,13H2,1-3H3,(H,25,28). The largest absolute Gasteiger partial charge is 0.331 e. The number of amides is 2. The van der Waals surface area contributed by atoms with Crippen LogP contribution in [0.25, 0.3) is 11.0 Å². The topological polar surface area (TPSA) is 63.1 Å². The van der Waals surface area contributed by atoms with Crippen molar-refractivity contribution in [3.63, 3.8) is 0 Å². The van der Waals surface area contributed by atoms with Gasteiger partial charge >= 0.3 is 6.03 Å². The SMILES string of the molecule is CCCCC(c1cccnc1)N(C)C(=O)Nc1ccc2c(c1)ncn2CCC. The van der Waals surface area contributed by atoms with Crippen molar-refractivity contribution in [3.05, 3.63) is 54.6 Å². The Morgan fingerprint density at radius 1 is 1.25 bits per heavy atom. The van der Waals surface area contributed by atoms with E-state index in [2.05, 4.69) is 33.7 Å². The first-order chi connectivity index (χ1) is 13.6. The van der Waals surface area contributed by atoms with Gasteiger partial charge in [0.15, 0.2) is 0 Å². The van der Waals surface area contributed by atoms with E-state index >= 15 is 0 Å². The van der Waals surface area contributed by atoms with Crippen molar-refractivity contribution >= 4 is 22.8 Å². The Hall–Kier alpha value is -2.89. The van der Waals surface area contributed by atoms with Crippen LogP contribution in [0.2, 0.25) is 0 Å². The molecule has 0 aliphatic heterocycles. The number of carbonyl (C=O) groups is 1. The van der Waals surface area contributed by atoms with Crippen molar-refractivity contribution in [1.29, 1.82) is 0 Å². The summed E-state index contributed by atoms with van der Waals surface area (Å²) < 4.78 is 2.14. The van der Waals surface area contributed by atoms with Crippen LogP contribution in [0.5, 0.6) is 0 Å². The minimum Gasteiger partial charge on any atom is -0.331 e. The molecule has 1 atom stereocenters. The van der Waals surface area contributed by atoms with Gasteiger partial charge in [0.05, 0.1) is 23.4 Å². The number of carbonyl (C=O) groups excluding carboxylic acids is 1. The molecule has 0 saturated heterocycles. The fourth-order valence-corrected chi connectivity index (χ4v) is 3.47. The quantitative estimate of drug-likeness (QED) is 0.582. The zero-order valence-electron chi connectivity index (χ0n) is 16.9. The average molecular weight is 380 g/mol. The van der Waals surface area contributed by atoms with E-state index in [1.807, 2.05) is 49.9 Å². The summed E-state index contributed by atoms with van der Waals surface area (Å²) in [6.45, 7) is 5.25. The maximum absolute atomic E-state index is 12.9. The van der Waals surface area contributed by atoms with Gasteiger partial charge in [0.2, 0.25) is 0 Å². The summed E-state index contributed by atoms with van der Waals surface area (Å²) >= 11 is 0. The summed E-state index contributed by atoms with van der Waals surface area (Å²) in [5.41, 5.74) is 3.79. The van der Waals surface area contributed by atoms with Crippen molar-refractivity contribution in [1.82, 2.24) is 19.4 Å². The van der Waals surface area contributed by atoms with Gasteiger partial charge in [0.1, 0.15) is 0 Å². The van der Waals surface area contributed by atoms with E-state index in [0.717, 1.165) is 54.5 Å². The fraction of sp³-hybridized carbons (Fsp3) is 0.409. The van der Waals surface area contributed by atoms with Crippen LogP contribution in [0.15, 0.2) is 49.1 Å². The number of aromatic nitrogens is 3. The smallest absolute Gasteiger partial charge is 0.322 e. The third kappa shape index (κ3) is 4.50. The number of imidazole rings is 1. The fourth-order valence-electron chi connectivity index (χ4n) is 3.47. The van der Waals surface area contributed by atoms with Crippen molar-refractivity contribution in [2.45, 2.75) is 52.1 Å². The molecule has 2 aromatic heterocycles. The van der Waals surface area contributed by atoms with Crippen LogP contribution >= 0.6 is 0 Å². The lowest BCUT2D eigenvalue weighted by Gasteiger charge is -2.28. The number of pyridine rings is 1. The first-order valence-electron chi connectivity index (χ1n) is 10.0. The van der Waals surface area contributed by atoms with Crippen molar-refractivity contribution < 1.29 is 4.79 Å². The van der Waals surface area contributed by atoms with E-state index in [0.29, 0.717) is 0 Å². The molecular formula is C22H29N5O. The van der Waals surface area contributed by atoms with Gasteiger partial charge in [-0.1, -0.05) is 32.8 Å². The maximum atomic E-state index is 12.9. The number of nitrogens with zero attached hydrogens (tertiary/aromatic N) is 4. The number of hydrogen-bond donors (Lipinski definition) is 1. The number of hydrogen-bond acceptors (Lipinski definition) is 3. The molecule has 0 fully saturated rings. The molecule has 3 rings (SSSR count). The molecule has 148 valence electrons. The molecule has 1 N–H and O–H groups in total. The first kappa shape index (κ1) is 19.9. The summed E-state index contributed by atoms with van der Waals surface area (Å²) in [6, 6.07) is 9.71. The molecule has 2 heterocycles. The Morgan fingerprint density at radius 3 is 2.82 bits per heavy atom. The zero-order valence-corrected chi connectivity index (χ0v) is 16.9. The second-order valence-corrected chi connectivity index (χ2v) is 7.13. The van der Waals surface area contributed by atoms with E-state index in [1.54, 1.807) is 11.1 Å². The molecule has 0 saturated carbocycles. The number of aryl methyl sites for hydroxylation is 1. The van der Waals surface area contributed by atoms with Crippen molar-refractivity contribution in [3.8, 4) is 0 Å². The summed E-state index contributed by atoms with van der Waals surface area (Å²) in [6.07, 6.45) is 9.56. The van der Waals surface area contributed by atoms with E-state index < -0.39 is 0 Å². The molecule has 2 amide bonds. The van der Waals surface area contributed by atoms with Gasteiger partial charge in [-0.3, -0.25) is 4.98 Å². The first-order valence-corrected chi connectivity index (χ1v) is 10.0. The average Bonchev–Trinajstić information content (AvgIpc) is 3.11. The number of unbranched alkanes of at least 4 members (excludes halogenated alkanes) is 1. The molecule has 1 aromatic carbocycles. The number of fused-ring (bicyclic) bond motifs is 1. The highest BCUT2D eigenvalue weighted by Crippen LogP contribution is 2.26. The van der Waals surface area contributed by atoms with E-state index in [1.165, 1.54) is 0 Å². The van der Waals surface area contributed by atoms with Crippen LogP contribution in [-0.2, 0) is 6.54 Å². The zero-order chi connectivity index (χ0) is 19.9. The molecule has 1 unspecified atom stereocenters. The van der Waals surface area contributed by atoms with Gasteiger partial charge in [-0.05, 0) is 42.7 Å². The van der Waals surface area contributed by atoms with Crippen LogP contribution < -0.4 is 5.32 Å². The molecule has 3 aromatic rings. The second kappa shape index (κ2) is 9.35. The van der Waals surface area contributed by atoms with Gasteiger partial charge in [0.25, 0.3) is 0 Å². The Morgan fingerprint density at radius 2 is 2.11 bits per heavy atom. The summed E-state index contributed by atoms with van der Waals surface area (Å²) in [4.78, 5) is 23.4. The maximum Gasteiger partial charge on any atom is 0.322 e. The molecule has 0 aliphatic rings. The molecule has 28 heavy (non-hydrogen) atoms. The number of rotatable bonds is 8. The van der Waals surface area contributed by atoms with Crippen molar-refractivity contribution in [2.24, 2.45) is 0 Å². The van der Waals surface area contributed by atoms with Gasteiger partial charge in [-0.2, -0.15) is 0 Å². The lowest BCUT2D eigenvalue weighted by Crippen LogP contribution is -2.35. The van der Waals surface area contributed by atoms with Crippen LogP contribution in [0.4, 0.5) is 10.5 Å². The minimum atomic E-state index is -0.128. The molecule has 0 aliphatic carbocycles. The lowest BCUT2D eigenvalue weighted by molar-refractivity contribution is 0.200. The highest BCUT2D eigenvalue weighted by molar-refractivity contribution is 5.92.